The number of fused-ring (bicyclic) bond motifs is 1. The predicted octanol–water partition coefficient (Wildman–Crippen LogP) is 5.23. The molecule has 0 saturated heterocycles. The van der Waals surface area contributed by atoms with Gasteiger partial charge in [0.05, 0.1) is 29.4 Å². The minimum Gasteiger partial charge on any atom is -0.462 e. The summed E-state index contributed by atoms with van der Waals surface area (Å²) < 4.78 is 5.27. The van der Waals surface area contributed by atoms with Gasteiger partial charge in [-0.15, -0.1) is 0 Å². The molecule has 28 heavy (non-hydrogen) atoms. The van der Waals surface area contributed by atoms with E-state index in [0.29, 0.717) is 23.7 Å². The smallest absolute Gasteiger partial charge is 0.341 e. The molecule has 1 unspecified atom stereocenters. The Hall–Kier alpha value is -2.61. The Morgan fingerprint density at radius 1 is 1.32 bits per heavy atom. The largest absolute Gasteiger partial charge is 0.462 e. The molecule has 0 bridgehead atoms. The molecule has 0 aliphatic heterocycles. The lowest BCUT2D eigenvalue weighted by Gasteiger charge is -2.30. The Kier molecular flexibility index (Phi) is 6.51. The van der Waals surface area contributed by atoms with Gasteiger partial charge in [0, 0.05) is 17.6 Å². The van der Waals surface area contributed by atoms with Crippen LogP contribution in [0.1, 0.15) is 74.4 Å². The highest BCUT2D eigenvalue weighted by Crippen LogP contribution is 2.34. The lowest BCUT2D eigenvalue weighted by atomic mass is 9.84. The summed E-state index contributed by atoms with van der Waals surface area (Å²) in [6.07, 6.45) is 8.62. The molecular weight excluding hydrogens is 350 g/mol. The van der Waals surface area contributed by atoms with Crippen LogP contribution >= 0.6 is 0 Å². The van der Waals surface area contributed by atoms with Gasteiger partial charge in [-0.1, -0.05) is 26.2 Å². The highest BCUT2D eigenvalue weighted by molar-refractivity contribution is 6.06. The summed E-state index contributed by atoms with van der Waals surface area (Å²) in [6, 6.07) is 6.19. The predicted molar refractivity (Wildman–Crippen MR) is 111 cm³/mol. The highest BCUT2D eigenvalue weighted by atomic mass is 16.5. The number of hydrogen-bond donors (Lipinski definition) is 1. The van der Waals surface area contributed by atoms with Crippen LogP contribution in [-0.2, 0) is 11.2 Å². The monoisotopic (exact) mass is 379 g/mol. The summed E-state index contributed by atoms with van der Waals surface area (Å²) in [7, 11) is 0. The number of ether oxygens (including phenoxy) is 1. The van der Waals surface area contributed by atoms with Crippen molar-refractivity contribution in [3.05, 3.63) is 35.0 Å². The van der Waals surface area contributed by atoms with E-state index in [4.69, 9.17) is 4.74 Å². The Morgan fingerprint density at radius 2 is 2.07 bits per heavy atom. The number of esters is 1. The molecular formula is C23H29N3O2. The molecule has 1 N–H and O–H groups in total. The van der Waals surface area contributed by atoms with E-state index in [1.165, 1.54) is 32.1 Å². The summed E-state index contributed by atoms with van der Waals surface area (Å²) in [4.78, 5) is 17.2. The summed E-state index contributed by atoms with van der Waals surface area (Å²) in [5.74, 6) is 0.201. The van der Waals surface area contributed by atoms with Crippen molar-refractivity contribution in [2.75, 3.05) is 11.9 Å². The van der Waals surface area contributed by atoms with Gasteiger partial charge >= 0.3 is 5.97 Å². The van der Waals surface area contributed by atoms with E-state index in [-0.39, 0.29) is 12.0 Å². The van der Waals surface area contributed by atoms with E-state index >= 15 is 0 Å². The molecule has 148 valence electrons. The molecule has 1 atom stereocenters. The van der Waals surface area contributed by atoms with Crippen LogP contribution in [0.15, 0.2) is 18.3 Å². The second kappa shape index (κ2) is 9.05. The lowest BCUT2D eigenvalue weighted by molar-refractivity contribution is 0.0527. The third kappa shape index (κ3) is 4.11. The van der Waals surface area contributed by atoms with Gasteiger partial charge in [0.1, 0.15) is 5.56 Å². The van der Waals surface area contributed by atoms with Gasteiger partial charge in [0.15, 0.2) is 0 Å². The fraction of sp³-hybridized carbons (Fsp3) is 0.522. The minimum absolute atomic E-state index is 0.231. The molecule has 1 fully saturated rings. The first-order chi connectivity index (χ1) is 13.6. The second-order valence-electron chi connectivity index (χ2n) is 7.60. The van der Waals surface area contributed by atoms with E-state index in [1.54, 1.807) is 13.1 Å². The molecule has 1 aliphatic rings. The van der Waals surface area contributed by atoms with Gasteiger partial charge < -0.3 is 10.1 Å². The van der Waals surface area contributed by atoms with Crippen molar-refractivity contribution in [3.63, 3.8) is 0 Å². The number of nitriles is 1. The van der Waals surface area contributed by atoms with Crippen molar-refractivity contribution >= 4 is 22.6 Å². The molecule has 0 amide bonds. The van der Waals surface area contributed by atoms with E-state index in [1.807, 2.05) is 12.1 Å². The van der Waals surface area contributed by atoms with Gasteiger partial charge in [-0.2, -0.15) is 5.26 Å². The number of anilines is 1. The van der Waals surface area contributed by atoms with Crippen molar-refractivity contribution < 1.29 is 9.53 Å². The van der Waals surface area contributed by atoms with E-state index in [2.05, 4.69) is 30.2 Å². The van der Waals surface area contributed by atoms with Crippen LogP contribution in [0.25, 0.3) is 10.9 Å². The number of pyridine rings is 1. The number of aromatic nitrogens is 1. The molecule has 1 aromatic heterocycles. The van der Waals surface area contributed by atoms with Crippen LogP contribution in [0.2, 0.25) is 0 Å². The number of carbonyl (C=O) groups is 1. The number of nitrogens with one attached hydrogen (secondary N) is 1. The van der Waals surface area contributed by atoms with Gasteiger partial charge in [0.25, 0.3) is 0 Å². The van der Waals surface area contributed by atoms with Crippen molar-refractivity contribution in [2.24, 2.45) is 5.92 Å². The van der Waals surface area contributed by atoms with Gasteiger partial charge in [-0.05, 0) is 56.7 Å². The summed E-state index contributed by atoms with van der Waals surface area (Å²) >= 11 is 0. The maximum atomic E-state index is 12.6. The Balaban J connectivity index is 2.12. The standard InChI is InChI=1S/C23H29N3O2/c1-4-17-11-16(13-24)12-19-21(17)25-14-20(23(27)28-5-2)22(19)26-15(3)18-9-7-6-8-10-18/h11-12,14-15,18H,4-10H2,1-3H3,(H,25,26). The zero-order valence-corrected chi connectivity index (χ0v) is 17.0. The molecule has 2 aromatic rings. The summed E-state index contributed by atoms with van der Waals surface area (Å²) in [5, 5.41) is 13.9. The highest BCUT2D eigenvalue weighted by Gasteiger charge is 2.24. The van der Waals surface area contributed by atoms with Crippen LogP contribution < -0.4 is 5.32 Å². The maximum absolute atomic E-state index is 12.6. The first-order valence-corrected chi connectivity index (χ1v) is 10.4. The van der Waals surface area contributed by atoms with Crippen molar-refractivity contribution in [1.82, 2.24) is 4.98 Å². The fourth-order valence-electron chi connectivity index (χ4n) is 4.21. The average molecular weight is 380 g/mol. The van der Waals surface area contributed by atoms with Gasteiger partial charge in [-0.3, -0.25) is 4.98 Å². The van der Waals surface area contributed by atoms with Crippen molar-refractivity contribution in [1.29, 1.82) is 5.26 Å². The number of hydrogen-bond acceptors (Lipinski definition) is 5. The van der Waals surface area contributed by atoms with Crippen LogP contribution in [0.3, 0.4) is 0 Å². The molecule has 1 aromatic carbocycles. The van der Waals surface area contributed by atoms with Crippen LogP contribution in [0.4, 0.5) is 5.69 Å². The normalized spacial score (nSPS) is 15.8. The Morgan fingerprint density at radius 3 is 2.71 bits per heavy atom. The lowest BCUT2D eigenvalue weighted by Crippen LogP contribution is -2.28. The molecule has 0 radical (unpaired) electrons. The van der Waals surface area contributed by atoms with Crippen LogP contribution in [0, 0.1) is 17.2 Å². The molecule has 1 aliphatic carbocycles. The van der Waals surface area contributed by atoms with Crippen LogP contribution in [0.5, 0.6) is 0 Å². The van der Waals surface area contributed by atoms with E-state index in [9.17, 15) is 10.1 Å². The number of carbonyl (C=O) groups excluding carboxylic acids is 1. The number of nitrogens with zero attached hydrogens (tertiary/aromatic N) is 2. The first kappa shape index (κ1) is 20.1. The number of rotatable bonds is 6. The zero-order chi connectivity index (χ0) is 20.1. The zero-order valence-electron chi connectivity index (χ0n) is 17.0. The number of benzene rings is 1. The maximum Gasteiger partial charge on any atom is 0.341 e. The molecule has 1 saturated carbocycles. The van der Waals surface area contributed by atoms with E-state index in [0.717, 1.165) is 28.6 Å². The molecule has 1 heterocycles. The van der Waals surface area contributed by atoms with Gasteiger partial charge in [0.2, 0.25) is 0 Å². The molecule has 3 rings (SSSR count). The second-order valence-corrected chi connectivity index (χ2v) is 7.60. The Labute approximate surface area is 167 Å². The SMILES string of the molecule is CCOC(=O)c1cnc2c(CC)cc(C#N)cc2c1NC(C)C1CCCCC1. The molecule has 5 nitrogen and oxygen atoms in total. The van der Waals surface area contributed by atoms with E-state index < -0.39 is 0 Å². The average Bonchev–Trinajstić information content (AvgIpc) is 2.73. The summed E-state index contributed by atoms with van der Waals surface area (Å²) in [5.41, 5.74) is 3.62. The van der Waals surface area contributed by atoms with Crippen molar-refractivity contribution in [3.8, 4) is 6.07 Å². The minimum atomic E-state index is -0.379. The Bertz CT molecular complexity index is 895. The first-order valence-electron chi connectivity index (χ1n) is 10.4. The number of aryl methyl sites for hydroxylation is 1. The quantitative estimate of drug-likeness (QED) is 0.696. The van der Waals surface area contributed by atoms with Crippen molar-refractivity contribution in [2.45, 2.75) is 65.3 Å². The third-order valence-corrected chi connectivity index (χ3v) is 5.78. The van der Waals surface area contributed by atoms with Gasteiger partial charge in [-0.25, -0.2) is 4.79 Å². The summed E-state index contributed by atoms with van der Waals surface area (Å²) in [6.45, 7) is 6.35. The third-order valence-electron chi connectivity index (χ3n) is 5.78. The van der Waals surface area contributed by atoms with Crippen LogP contribution in [-0.4, -0.2) is 23.6 Å². The topological polar surface area (TPSA) is 75.0 Å². The molecule has 0 spiro atoms. The molecule has 5 heteroatoms. The fourth-order valence-corrected chi connectivity index (χ4v) is 4.21.